The molecule has 2 rings (SSSR count). The largest absolute Gasteiger partial charge is 0.496 e. The minimum absolute atomic E-state index is 0.0992. The molecule has 0 aliphatic carbocycles. The molecular formula is C16H21NO. The average molecular weight is 243 g/mol. The summed E-state index contributed by atoms with van der Waals surface area (Å²) in [6, 6.07) is 12.6. The van der Waals surface area contributed by atoms with Gasteiger partial charge in [0.1, 0.15) is 5.75 Å². The van der Waals surface area contributed by atoms with Gasteiger partial charge in [0.05, 0.1) is 7.11 Å². The fraction of sp³-hybridized carbons (Fsp3) is 0.375. The van der Waals surface area contributed by atoms with Crippen LogP contribution in [0.15, 0.2) is 36.4 Å². The lowest BCUT2D eigenvalue weighted by atomic mass is 10.0. The van der Waals surface area contributed by atoms with E-state index in [4.69, 9.17) is 4.74 Å². The van der Waals surface area contributed by atoms with Crippen molar-refractivity contribution >= 4 is 10.8 Å². The number of hydrogen-bond donors (Lipinski definition) is 1. The highest BCUT2D eigenvalue weighted by Crippen LogP contribution is 2.28. The van der Waals surface area contributed by atoms with Crippen molar-refractivity contribution in [3.8, 4) is 5.75 Å². The van der Waals surface area contributed by atoms with Gasteiger partial charge in [0.25, 0.3) is 0 Å². The average Bonchev–Trinajstić information content (AvgIpc) is 2.34. The maximum Gasteiger partial charge on any atom is 0.123 e. The van der Waals surface area contributed by atoms with Gasteiger partial charge >= 0.3 is 0 Å². The summed E-state index contributed by atoms with van der Waals surface area (Å²) in [5.41, 5.74) is 1.33. The summed E-state index contributed by atoms with van der Waals surface area (Å²) in [5.74, 6) is 0.949. The van der Waals surface area contributed by atoms with Crippen molar-refractivity contribution < 1.29 is 4.74 Å². The minimum atomic E-state index is 0.0992. The number of nitrogens with one attached hydrogen (secondary N) is 1. The maximum atomic E-state index is 5.48. The summed E-state index contributed by atoms with van der Waals surface area (Å²) in [6.45, 7) is 7.33. The third-order valence-corrected chi connectivity index (χ3v) is 3.01. The lowest BCUT2D eigenvalue weighted by Gasteiger charge is -2.22. The third kappa shape index (κ3) is 2.82. The van der Waals surface area contributed by atoms with Gasteiger partial charge in [-0.25, -0.2) is 0 Å². The zero-order valence-corrected chi connectivity index (χ0v) is 11.6. The molecule has 0 aliphatic rings. The highest BCUT2D eigenvalue weighted by molar-refractivity contribution is 5.87. The van der Waals surface area contributed by atoms with E-state index < -0.39 is 0 Å². The van der Waals surface area contributed by atoms with Gasteiger partial charge in [0.15, 0.2) is 0 Å². The van der Waals surface area contributed by atoms with Gasteiger partial charge in [0, 0.05) is 17.6 Å². The molecule has 2 nitrogen and oxygen atoms in total. The second kappa shape index (κ2) is 4.99. The Balaban J connectivity index is 2.44. The van der Waals surface area contributed by atoms with Gasteiger partial charge in [0.2, 0.25) is 0 Å². The fourth-order valence-electron chi connectivity index (χ4n) is 2.04. The highest BCUT2D eigenvalue weighted by atomic mass is 16.5. The van der Waals surface area contributed by atoms with Crippen LogP contribution in [0.1, 0.15) is 26.3 Å². The Kier molecular flexibility index (Phi) is 3.58. The Labute approximate surface area is 109 Å². The molecule has 0 heterocycles. The molecule has 18 heavy (non-hydrogen) atoms. The standard InChI is InChI=1S/C16H21NO/c1-16(2,3)17-11-14-13-8-6-5-7-12(13)9-10-15(14)18-4/h5-10,17H,11H2,1-4H3. The monoisotopic (exact) mass is 243 g/mol. The third-order valence-electron chi connectivity index (χ3n) is 3.01. The van der Waals surface area contributed by atoms with Crippen molar-refractivity contribution in [3.63, 3.8) is 0 Å². The molecule has 0 atom stereocenters. The van der Waals surface area contributed by atoms with Crippen LogP contribution in [0.25, 0.3) is 10.8 Å². The Hall–Kier alpha value is -1.54. The van der Waals surface area contributed by atoms with E-state index in [-0.39, 0.29) is 5.54 Å². The highest BCUT2D eigenvalue weighted by Gasteiger charge is 2.13. The molecule has 0 saturated heterocycles. The number of ether oxygens (including phenoxy) is 1. The van der Waals surface area contributed by atoms with Gasteiger partial charge < -0.3 is 10.1 Å². The molecule has 0 unspecified atom stereocenters. The molecule has 0 aliphatic heterocycles. The van der Waals surface area contributed by atoms with Crippen LogP contribution in [0, 0.1) is 0 Å². The summed E-state index contributed by atoms with van der Waals surface area (Å²) in [4.78, 5) is 0. The van der Waals surface area contributed by atoms with E-state index in [0.717, 1.165) is 12.3 Å². The number of hydrogen-bond acceptors (Lipinski definition) is 2. The number of rotatable bonds is 3. The van der Waals surface area contributed by atoms with Crippen molar-refractivity contribution in [2.75, 3.05) is 7.11 Å². The van der Waals surface area contributed by atoms with Crippen molar-refractivity contribution in [3.05, 3.63) is 42.0 Å². The summed E-state index contributed by atoms with van der Waals surface area (Å²) in [6.07, 6.45) is 0. The Morgan fingerprint density at radius 1 is 1.06 bits per heavy atom. The molecule has 2 heteroatoms. The lowest BCUT2D eigenvalue weighted by Crippen LogP contribution is -2.35. The molecule has 0 spiro atoms. The molecule has 0 saturated carbocycles. The Bertz CT molecular complexity index is 540. The summed E-state index contributed by atoms with van der Waals surface area (Å²) >= 11 is 0. The quantitative estimate of drug-likeness (QED) is 0.886. The van der Waals surface area contributed by atoms with E-state index in [0.29, 0.717) is 0 Å². The van der Waals surface area contributed by atoms with Crippen LogP contribution in [0.2, 0.25) is 0 Å². The number of fused-ring (bicyclic) bond motifs is 1. The van der Waals surface area contributed by atoms with Crippen LogP contribution in [0.3, 0.4) is 0 Å². The van der Waals surface area contributed by atoms with Crippen molar-refractivity contribution in [2.45, 2.75) is 32.9 Å². The van der Waals surface area contributed by atoms with Crippen LogP contribution in [-0.4, -0.2) is 12.6 Å². The first-order valence-electron chi connectivity index (χ1n) is 6.31. The molecule has 96 valence electrons. The summed E-state index contributed by atoms with van der Waals surface area (Å²) in [7, 11) is 1.73. The van der Waals surface area contributed by atoms with Crippen molar-refractivity contribution in [1.82, 2.24) is 5.32 Å². The SMILES string of the molecule is COc1ccc2ccccc2c1CNC(C)(C)C. The first-order valence-corrected chi connectivity index (χ1v) is 6.31. The van der Waals surface area contributed by atoms with Gasteiger partial charge in [-0.3, -0.25) is 0 Å². The molecule has 0 aromatic heterocycles. The van der Waals surface area contributed by atoms with E-state index in [1.165, 1.54) is 16.3 Å². The van der Waals surface area contributed by atoms with E-state index in [1.54, 1.807) is 7.11 Å². The Morgan fingerprint density at radius 2 is 1.78 bits per heavy atom. The van der Waals surface area contributed by atoms with Gasteiger partial charge in [-0.2, -0.15) is 0 Å². The molecule has 1 N–H and O–H groups in total. The normalized spacial score (nSPS) is 11.8. The van der Waals surface area contributed by atoms with Crippen LogP contribution in [0.5, 0.6) is 5.75 Å². The topological polar surface area (TPSA) is 21.3 Å². The first kappa shape index (κ1) is 12.9. The van der Waals surface area contributed by atoms with E-state index >= 15 is 0 Å². The molecule has 0 radical (unpaired) electrons. The lowest BCUT2D eigenvalue weighted by molar-refractivity contribution is 0.393. The van der Waals surface area contributed by atoms with E-state index in [2.05, 4.69) is 56.4 Å². The smallest absolute Gasteiger partial charge is 0.123 e. The molecule has 0 amide bonds. The van der Waals surface area contributed by atoms with Crippen LogP contribution in [-0.2, 0) is 6.54 Å². The van der Waals surface area contributed by atoms with E-state index in [9.17, 15) is 0 Å². The number of methoxy groups -OCH3 is 1. The molecule has 0 fully saturated rings. The van der Waals surface area contributed by atoms with Gasteiger partial charge in [-0.1, -0.05) is 30.3 Å². The minimum Gasteiger partial charge on any atom is -0.496 e. The van der Waals surface area contributed by atoms with Crippen molar-refractivity contribution in [1.29, 1.82) is 0 Å². The molecule has 0 bridgehead atoms. The maximum absolute atomic E-state index is 5.48. The molecule has 2 aromatic carbocycles. The number of benzene rings is 2. The zero-order valence-electron chi connectivity index (χ0n) is 11.6. The fourth-order valence-corrected chi connectivity index (χ4v) is 2.04. The van der Waals surface area contributed by atoms with Crippen LogP contribution >= 0.6 is 0 Å². The summed E-state index contributed by atoms with van der Waals surface area (Å²) in [5, 5.41) is 6.04. The van der Waals surface area contributed by atoms with E-state index in [1.807, 2.05) is 6.07 Å². The van der Waals surface area contributed by atoms with Crippen molar-refractivity contribution in [2.24, 2.45) is 0 Å². The molecule has 2 aromatic rings. The Morgan fingerprint density at radius 3 is 2.44 bits per heavy atom. The van der Waals surface area contributed by atoms with Crippen LogP contribution < -0.4 is 10.1 Å². The first-order chi connectivity index (χ1) is 8.51. The molecular weight excluding hydrogens is 222 g/mol. The predicted molar refractivity (Wildman–Crippen MR) is 77.1 cm³/mol. The van der Waals surface area contributed by atoms with Crippen LogP contribution in [0.4, 0.5) is 0 Å². The van der Waals surface area contributed by atoms with Gasteiger partial charge in [-0.05, 0) is 37.6 Å². The predicted octanol–water partition coefficient (Wildman–Crippen LogP) is 3.74. The second-order valence-electron chi connectivity index (χ2n) is 5.57. The second-order valence-corrected chi connectivity index (χ2v) is 5.57. The zero-order chi connectivity index (χ0) is 13.2. The van der Waals surface area contributed by atoms with Gasteiger partial charge in [-0.15, -0.1) is 0 Å². The summed E-state index contributed by atoms with van der Waals surface area (Å²) < 4.78 is 5.48.